The summed E-state index contributed by atoms with van der Waals surface area (Å²) < 4.78 is 11.0. The molecule has 1 fully saturated rings. The van der Waals surface area contributed by atoms with Gasteiger partial charge in [0.05, 0.1) is 25.2 Å². The first-order chi connectivity index (χ1) is 7.75. The highest BCUT2D eigenvalue weighted by molar-refractivity contribution is 5.77. The maximum atomic E-state index is 11.3. The summed E-state index contributed by atoms with van der Waals surface area (Å²) in [6, 6.07) is 0. The number of carbonyl (C=O) groups excluding carboxylic acids is 1. The number of hydrogen-bond acceptors (Lipinski definition) is 4. The number of nitrogens with one attached hydrogen (secondary N) is 1. The molecule has 1 rings (SSSR count). The van der Waals surface area contributed by atoms with Crippen LogP contribution in [0, 0.1) is 5.92 Å². The number of morpholine rings is 1. The SMILES string of the molecule is CCCCOCC(C(N)=O)C1CNCCO1. The van der Waals surface area contributed by atoms with Crippen molar-refractivity contribution < 1.29 is 14.3 Å². The van der Waals surface area contributed by atoms with E-state index in [1.54, 1.807) is 0 Å². The molecular weight excluding hydrogens is 208 g/mol. The minimum atomic E-state index is -0.343. The molecule has 0 aromatic heterocycles. The first kappa shape index (κ1) is 13.4. The number of rotatable bonds is 7. The molecule has 2 unspecified atom stereocenters. The van der Waals surface area contributed by atoms with E-state index in [-0.39, 0.29) is 17.9 Å². The van der Waals surface area contributed by atoms with Gasteiger partial charge in [0, 0.05) is 19.7 Å². The van der Waals surface area contributed by atoms with E-state index in [1.165, 1.54) is 0 Å². The lowest BCUT2D eigenvalue weighted by molar-refractivity contribution is -0.131. The lowest BCUT2D eigenvalue weighted by Gasteiger charge is -2.29. The zero-order chi connectivity index (χ0) is 11.8. The van der Waals surface area contributed by atoms with Gasteiger partial charge in [-0.25, -0.2) is 0 Å². The van der Waals surface area contributed by atoms with Crippen molar-refractivity contribution in [2.75, 3.05) is 32.9 Å². The molecule has 0 saturated carbocycles. The Labute approximate surface area is 96.7 Å². The van der Waals surface area contributed by atoms with Crippen LogP contribution in [-0.4, -0.2) is 44.9 Å². The van der Waals surface area contributed by atoms with Crippen LogP contribution in [0.5, 0.6) is 0 Å². The maximum Gasteiger partial charge on any atom is 0.225 e. The molecule has 1 aliphatic rings. The third kappa shape index (κ3) is 4.47. The molecule has 5 heteroatoms. The van der Waals surface area contributed by atoms with Crippen LogP contribution in [0.4, 0.5) is 0 Å². The van der Waals surface area contributed by atoms with Crippen molar-refractivity contribution in [1.29, 1.82) is 0 Å². The quantitative estimate of drug-likeness (QED) is 0.599. The Balaban J connectivity index is 2.31. The van der Waals surface area contributed by atoms with E-state index in [0.717, 1.165) is 19.4 Å². The number of ether oxygens (including phenoxy) is 2. The fourth-order valence-corrected chi connectivity index (χ4v) is 1.67. The van der Waals surface area contributed by atoms with Crippen molar-refractivity contribution in [3.05, 3.63) is 0 Å². The fraction of sp³-hybridized carbons (Fsp3) is 0.909. The van der Waals surface area contributed by atoms with E-state index in [9.17, 15) is 4.79 Å². The van der Waals surface area contributed by atoms with Gasteiger partial charge in [-0.15, -0.1) is 0 Å². The average Bonchev–Trinajstić information content (AvgIpc) is 2.30. The average molecular weight is 230 g/mol. The summed E-state index contributed by atoms with van der Waals surface area (Å²) >= 11 is 0. The molecule has 1 heterocycles. The highest BCUT2D eigenvalue weighted by Gasteiger charge is 2.28. The van der Waals surface area contributed by atoms with Crippen LogP contribution in [0.2, 0.25) is 0 Å². The zero-order valence-electron chi connectivity index (χ0n) is 9.91. The molecule has 0 radical (unpaired) electrons. The van der Waals surface area contributed by atoms with Gasteiger partial charge in [0.25, 0.3) is 0 Å². The van der Waals surface area contributed by atoms with E-state index in [0.29, 0.717) is 26.4 Å². The fourth-order valence-electron chi connectivity index (χ4n) is 1.67. The first-order valence-electron chi connectivity index (χ1n) is 5.95. The summed E-state index contributed by atoms with van der Waals surface area (Å²) in [4.78, 5) is 11.3. The van der Waals surface area contributed by atoms with Crippen LogP contribution in [0.1, 0.15) is 19.8 Å². The van der Waals surface area contributed by atoms with Crippen molar-refractivity contribution in [2.24, 2.45) is 11.7 Å². The summed E-state index contributed by atoms with van der Waals surface area (Å²) in [7, 11) is 0. The summed E-state index contributed by atoms with van der Waals surface area (Å²) in [5.41, 5.74) is 5.36. The number of nitrogens with two attached hydrogens (primary N) is 1. The molecule has 2 atom stereocenters. The molecule has 94 valence electrons. The Morgan fingerprint density at radius 3 is 3.06 bits per heavy atom. The summed E-state index contributed by atoms with van der Waals surface area (Å²) in [5, 5.41) is 3.18. The van der Waals surface area contributed by atoms with Gasteiger partial charge in [-0.1, -0.05) is 13.3 Å². The van der Waals surface area contributed by atoms with Gasteiger partial charge < -0.3 is 20.5 Å². The summed E-state index contributed by atoms with van der Waals surface area (Å²) in [6.45, 7) is 5.28. The van der Waals surface area contributed by atoms with Gasteiger partial charge >= 0.3 is 0 Å². The molecule has 0 aliphatic carbocycles. The lowest BCUT2D eigenvalue weighted by Crippen LogP contribution is -2.48. The van der Waals surface area contributed by atoms with E-state index < -0.39 is 0 Å². The van der Waals surface area contributed by atoms with E-state index >= 15 is 0 Å². The van der Waals surface area contributed by atoms with Gasteiger partial charge in [-0.2, -0.15) is 0 Å². The van der Waals surface area contributed by atoms with Crippen LogP contribution in [0.15, 0.2) is 0 Å². The molecule has 1 saturated heterocycles. The highest BCUT2D eigenvalue weighted by Crippen LogP contribution is 2.10. The van der Waals surface area contributed by atoms with Gasteiger partial charge in [-0.05, 0) is 6.42 Å². The predicted octanol–water partition coefficient (Wildman–Crippen LogP) is -0.107. The second-order valence-corrected chi connectivity index (χ2v) is 4.05. The van der Waals surface area contributed by atoms with E-state index in [1.807, 2.05) is 0 Å². The second kappa shape index (κ2) is 7.60. The molecule has 0 spiro atoms. The van der Waals surface area contributed by atoms with Crippen molar-refractivity contribution in [3.8, 4) is 0 Å². The second-order valence-electron chi connectivity index (χ2n) is 4.05. The van der Waals surface area contributed by atoms with E-state index in [2.05, 4.69) is 12.2 Å². The molecule has 5 nitrogen and oxygen atoms in total. The van der Waals surface area contributed by atoms with Crippen LogP contribution < -0.4 is 11.1 Å². The minimum absolute atomic E-state index is 0.145. The minimum Gasteiger partial charge on any atom is -0.381 e. The van der Waals surface area contributed by atoms with E-state index in [4.69, 9.17) is 15.2 Å². The topological polar surface area (TPSA) is 73.6 Å². The van der Waals surface area contributed by atoms with Gasteiger partial charge in [-0.3, -0.25) is 4.79 Å². The first-order valence-corrected chi connectivity index (χ1v) is 5.95. The Morgan fingerprint density at radius 2 is 2.50 bits per heavy atom. The number of amides is 1. The Bertz CT molecular complexity index is 205. The summed E-state index contributed by atoms with van der Waals surface area (Å²) in [6.07, 6.45) is 1.95. The Hall–Kier alpha value is -0.650. The third-order valence-electron chi connectivity index (χ3n) is 2.71. The number of primary amides is 1. The highest BCUT2D eigenvalue weighted by atomic mass is 16.5. The largest absolute Gasteiger partial charge is 0.381 e. The van der Waals surface area contributed by atoms with Crippen LogP contribution in [0.3, 0.4) is 0 Å². The number of hydrogen-bond donors (Lipinski definition) is 2. The Morgan fingerprint density at radius 1 is 1.69 bits per heavy atom. The molecule has 0 aromatic rings. The maximum absolute atomic E-state index is 11.3. The monoisotopic (exact) mass is 230 g/mol. The molecule has 1 aliphatic heterocycles. The number of carbonyl (C=O) groups is 1. The Kier molecular flexibility index (Phi) is 6.37. The summed E-state index contributed by atoms with van der Waals surface area (Å²) in [5.74, 6) is -0.685. The predicted molar refractivity (Wildman–Crippen MR) is 61.0 cm³/mol. The normalized spacial score (nSPS) is 22.9. The van der Waals surface area contributed by atoms with Crippen LogP contribution >= 0.6 is 0 Å². The molecule has 0 aromatic carbocycles. The van der Waals surface area contributed by atoms with Gasteiger partial charge in [0.2, 0.25) is 5.91 Å². The molecule has 3 N–H and O–H groups in total. The van der Waals surface area contributed by atoms with Gasteiger partial charge in [0.15, 0.2) is 0 Å². The molecular formula is C11H22N2O3. The zero-order valence-corrected chi connectivity index (χ0v) is 9.91. The molecule has 0 bridgehead atoms. The smallest absolute Gasteiger partial charge is 0.225 e. The van der Waals surface area contributed by atoms with Gasteiger partial charge in [0.1, 0.15) is 0 Å². The molecule has 16 heavy (non-hydrogen) atoms. The van der Waals surface area contributed by atoms with Crippen molar-refractivity contribution in [1.82, 2.24) is 5.32 Å². The van der Waals surface area contributed by atoms with Crippen LogP contribution in [-0.2, 0) is 14.3 Å². The van der Waals surface area contributed by atoms with Crippen molar-refractivity contribution in [3.63, 3.8) is 0 Å². The van der Waals surface area contributed by atoms with Crippen LogP contribution in [0.25, 0.3) is 0 Å². The lowest BCUT2D eigenvalue weighted by atomic mass is 10.0. The third-order valence-corrected chi connectivity index (χ3v) is 2.71. The molecule has 1 amide bonds. The van der Waals surface area contributed by atoms with Crippen molar-refractivity contribution in [2.45, 2.75) is 25.9 Å². The standard InChI is InChI=1S/C11H22N2O3/c1-2-3-5-15-8-9(11(12)14)10-7-13-4-6-16-10/h9-10,13H,2-8H2,1H3,(H2,12,14). The number of unbranched alkanes of at least 4 members (excludes halogenated alkanes) is 1. The van der Waals surface area contributed by atoms with Crippen molar-refractivity contribution >= 4 is 5.91 Å².